The van der Waals surface area contributed by atoms with Crippen LogP contribution in [0.3, 0.4) is 0 Å². The maximum absolute atomic E-state index is 12.9. The van der Waals surface area contributed by atoms with Crippen molar-refractivity contribution in [1.29, 1.82) is 5.26 Å². The Kier molecular flexibility index (Phi) is 8.91. The summed E-state index contributed by atoms with van der Waals surface area (Å²) in [5, 5.41) is 21.5. The Labute approximate surface area is 222 Å². The average Bonchev–Trinajstić information content (AvgIpc) is 2.92. The first-order valence-electron chi connectivity index (χ1n) is 12.8. The average molecular weight is 525 g/mol. The van der Waals surface area contributed by atoms with E-state index in [0.29, 0.717) is 22.2 Å². The van der Waals surface area contributed by atoms with Gasteiger partial charge in [0.1, 0.15) is 12.7 Å². The minimum absolute atomic E-state index is 0.0193. The number of carboxylic acid groups (broad SMARTS) is 1. The van der Waals surface area contributed by atoms with E-state index in [9.17, 15) is 9.59 Å². The summed E-state index contributed by atoms with van der Waals surface area (Å²) in [6.07, 6.45) is 5.28. The number of carbonyl (C=O) groups is 2. The van der Waals surface area contributed by atoms with E-state index in [0.717, 1.165) is 63.0 Å². The third-order valence-electron chi connectivity index (χ3n) is 7.44. The molecule has 0 bridgehead atoms. The van der Waals surface area contributed by atoms with Crippen molar-refractivity contribution in [3.63, 3.8) is 0 Å². The first-order valence-corrected chi connectivity index (χ1v) is 13.1. The molecule has 2 aliphatic rings. The Morgan fingerprint density at radius 2 is 1.78 bits per heavy atom. The molecule has 37 heavy (non-hydrogen) atoms. The highest BCUT2D eigenvalue weighted by molar-refractivity contribution is 6.32. The lowest BCUT2D eigenvalue weighted by Crippen LogP contribution is -2.43. The minimum Gasteiger partial charge on any atom is -0.480 e. The zero-order valence-electron chi connectivity index (χ0n) is 21.0. The smallest absolute Gasteiger partial charge is 0.329 e. The molecule has 2 aromatic rings. The van der Waals surface area contributed by atoms with E-state index in [-0.39, 0.29) is 24.7 Å². The number of nitriles is 1. The summed E-state index contributed by atoms with van der Waals surface area (Å²) in [5.74, 6) is -0.992. The second kappa shape index (κ2) is 12.3. The van der Waals surface area contributed by atoms with Crippen LogP contribution in [0.15, 0.2) is 42.5 Å². The van der Waals surface area contributed by atoms with E-state index in [1.165, 1.54) is 0 Å². The molecule has 2 fully saturated rings. The van der Waals surface area contributed by atoms with Crippen LogP contribution in [0, 0.1) is 11.3 Å². The Hall–Kier alpha value is -3.28. The zero-order chi connectivity index (χ0) is 26.4. The topological polar surface area (TPSA) is 106 Å². The molecule has 4 rings (SSSR count). The molecular weight excluding hydrogens is 492 g/mol. The molecule has 2 N–H and O–H groups in total. The number of amides is 1. The van der Waals surface area contributed by atoms with Gasteiger partial charge in [0.25, 0.3) is 5.91 Å². The van der Waals surface area contributed by atoms with Crippen molar-refractivity contribution >= 4 is 34.9 Å². The van der Waals surface area contributed by atoms with Gasteiger partial charge in [-0.25, -0.2) is 4.79 Å². The predicted octanol–water partition coefficient (Wildman–Crippen LogP) is 4.46. The van der Waals surface area contributed by atoms with Crippen LogP contribution in [0.4, 0.5) is 11.4 Å². The summed E-state index contributed by atoms with van der Waals surface area (Å²) in [6, 6.07) is 15.8. The van der Waals surface area contributed by atoms with Gasteiger partial charge in [-0.15, -0.1) is 0 Å². The highest BCUT2D eigenvalue weighted by atomic mass is 35.5. The lowest BCUT2D eigenvalue weighted by Gasteiger charge is -2.36. The molecule has 1 heterocycles. The largest absolute Gasteiger partial charge is 0.480 e. The normalized spacial score (nSPS) is 20.2. The molecule has 0 radical (unpaired) electrons. The first-order chi connectivity index (χ1) is 17.8. The van der Waals surface area contributed by atoms with Crippen LogP contribution in [0.5, 0.6) is 0 Å². The van der Waals surface area contributed by atoms with E-state index >= 15 is 0 Å². The third-order valence-corrected chi connectivity index (χ3v) is 7.75. The van der Waals surface area contributed by atoms with Crippen LogP contribution in [0.25, 0.3) is 0 Å². The van der Waals surface area contributed by atoms with Crippen LogP contribution in [-0.4, -0.2) is 61.9 Å². The zero-order valence-corrected chi connectivity index (χ0v) is 21.8. The molecule has 0 atom stereocenters. The van der Waals surface area contributed by atoms with Gasteiger partial charge >= 0.3 is 5.97 Å². The molecule has 0 unspecified atom stereocenters. The van der Waals surface area contributed by atoms with Crippen molar-refractivity contribution in [2.24, 2.45) is 0 Å². The highest BCUT2D eigenvalue weighted by Crippen LogP contribution is 2.29. The maximum Gasteiger partial charge on any atom is 0.329 e. The molecule has 8 nitrogen and oxygen atoms in total. The van der Waals surface area contributed by atoms with Crippen molar-refractivity contribution < 1.29 is 19.4 Å². The number of carbonyl (C=O) groups excluding carboxylic acids is 1. The summed E-state index contributed by atoms with van der Waals surface area (Å²) in [7, 11) is 2.05. The quantitative estimate of drug-likeness (QED) is 0.525. The third kappa shape index (κ3) is 6.94. The number of benzene rings is 2. The first kappa shape index (κ1) is 26.8. The number of ether oxygens (including phenoxy) is 1. The molecule has 1 aliphatic carbocycles. The number of hydrogen-bond acceptors (Lipinski definition) is 6. The van der Waals surface area contributed by atoms with Gasteiger partial charge in [0.05, 0.1) is 16.7 Å². The van der Waals surface area contributed by atoms with E-state index in [1.54, 1.807) is 6.07 Å². The lowest BCUT2D eigenvalue weighted by molar-refractivity contribution is -0.144. The van der Waals surface area contributed by atoms with Crippen LogP contribution < -0.4 is 15.1 Å². The van der Waals surface area contributed by atoms with Gasteiger partial charge in [-0.1, -0.05) is 11.6 Å². The van der Waals surface area contributed by atoms with Crippen molar-refractivity contribution in [3.05, 3.63) is 58.6 Å². The number of piperidine rings is 1. The summed E-state index contributed by atoms with van der Waals surface area (Å²) in [6.45, 7) is 1.34. The molecule has 0 spiro atoms. The maximum atomic E-state index is 12.9. The number of aliphatic carboxylic acids is 1. The van der Waals surface area contributed by atoms with Gasteiger partial charge in [-0.05, 0) is 81.0 Å². The summed E-state index contributed by atoms with van der Waals surface area (Å²) in [4.78, 5) is 28.0. The van der Waals surface area contributed by atoms with Crippen LogP contribution in [-0.2, 0) is 9.53 Å². The molecule has 2 aromatic carbocycles. The molecule has 1 saturated heterocycles. The summed E-state index contributed by atoms with van der Waals surface area (Å²) < 4.78 is 5.41. The second-order valence-electron chi connectivity index (χ2n) is 9.80. The highest BCUT2D eigenvalue weighted by Gasteiger charge is 2.26. The van der Waals surface area contributed by atoms with Crippen molar-refractivity contribution in [1.82, 2.24) is 5.32 Å². The number of carboxylic acids is 1. The van der Waals surface area contributed by atoms with E-state index in [2.05, 4.69) is 28.2 Å². The van der Waals surface area contributed by atoms with Gasteiger partial charge in [-0.3, -0.25) is 4.79 Å². The number of rotatable bonds is 8. The molecule has 9 heteroatoms. The van der Waals surface area contributed by atoms with Crippen molar-refractivity contribution in [2.75, 3.05) is 36.5 Å². The van der Waals surface area contributed by atoms with Gasteiger partial charge in [-0.2, -0.15) is 5.26 Å². The standard InChI is InChI=1S/C28H33ClN4O4/c1-32(24-9-4-20(17-30)26(29)16-24)22-10-5-21(6-11-22)31-28(36)19-2-7-23(8-3-19)33-14-12-25(13-15-33)37-18-27(34)35/h2-4,7-9,16,21-22,25H,5-6,10-15,18H2,1H3,(H,31,36)(H,34,35). The fraction of sp³-hybridized carbons (Fsp3) is 0.464. The Morgan fingerprint density at radius 3 is 2.38 bits per heavy atom. The van der Waals surface area contributed by atoms with E-state index < -0.39 is 5.97 Å². The van der Waals surface area contributed by atoms with Crippen LogP contribution in [0.1, 0.15) is 54.4 Å². The second-order valence-corrected chi connectivity index (χ2v) is 10.2. The fourth-order valence-electron chi connectivity index (χ4n) is 5.19. The van der Waals surface area contributed by atoms with Gasteiger partial charge in [0.15, 0.2) is 0 Å². The molecule has 0 aromatic heterocycles. The predicted molar refractivity (Wildman–Crippen MR) is 143 cm³/mol. The van der Waals surface area contributed by atoms with Gasteiger partial charge in [0, 0.05) is 49.2 Å². The molecule has 1 saturated carbocycles. The van der Waals surface area contributed by atoms with Crippen molar-refractivity contribution in [3.8, 4) is 6.07 Å². The number of nitrogens with one attached hydrogen (secondary N) is 1. The SMILES string of the molecule is CN(c1ccc(C#N)c(Cl)c1)C1CCC(NC(=O)c2ccc(N3CCC(OCC(=O)O)CC3)cc2)CC1. The minimum atomic E-state index is -0.940. The Morgan fingerprint density at radius 1 is 1.11 bits per heavy atom. The van der Waals surface area contributed by atoms with Crippen molar-refractivity contribution in [2.45, 2.75) is 56.7 Å². The number of halogens is 1. The van der Waals surface area contributed by atoms with Crippen LogP contribution >= 0.6 is 11.6 Å². The summed E-state index contributed by atoms with van der Waals surface area (Å²) in [5.41, 5.74) is 3.17. The number of nitrogens with zero attached hydrogens (tertiary/aromatic N) is 3. The summed E-state index contributed by atoms with van der Waals surface area (Å²) >= 11 is 6.21. The molecule has 196 valence electrons. The number of anilines is 2. The lowest BCUT2D eigenvalue weighted by atomic mass is 9.90. The fourth-order valence-corrected chi connectivity index (χ4v) is 5.41. The number of hydrogen-bond donors (Lipinski definition) is 2. The molecular formula is C28H33ClN4O4. The van der Waals surface area contributed by atoms with Gasteiger partial charge in [0.2, 0.25) is 0 Å². The van der Waals surface area contributed by atoms with Crippen LogP contribution in [0.2, 0.25) is 5.02 Å². The molecule has 1 aliphatic heterocycles. The van der Waals surface area contributed by atoms with Gasteiger partial charge < -0.3 is 25.0 Å². The Bertz CT molecular complexity index is 1130. The molecule has 1 amide bonds. The monoisotopic (exact) mass is 524 g/mol. The van der Waals surface area contributed by atoms with E-state index in [1.807, 2.05) is 36.4 Å². The Balaban J connectivity index is 1.23. The van der Waals surface area contributed by atoms with E-state index in [4.69, 9.17) is 26.7 Å².